The highest BCUT2D eigenvalue weighted by atomic mass is 16.5. The van der Waals surface area contributed by atoms with E-state index in [4.69, 9.17) is 4.52 Å². The Kier molecular flexibility index (Phi) is 3.96. The third kappa shape index (κ3) is 3.49. The van der Waals surface area contributed by atoms with E-state index < -0.39 is 0 Å². The number of carbonyl (C=O) groups is 1. The van der Waals surface area contributed by atoms with E-state index >= 15 is 0 Å². The fourth-order valence-corrected chi connectivity index (χ4v) is 1.77. The van der Waals surface area contributed by atoms with E-state index in [0.29, 0.717) is 12.2 Å². The molecular formula is C13H19N5O2. The van der Waals surface area contributed by atoms with Crippen LogP contribution in [0.3, 0.4) is 0 Å². The first-order valence-electron chi connectivity index (χ1n) is 6.57. The summed E-state index contributed by atoms with van der Waals surface area (Å²) in [5, 5.41) is 17.2. The van der Waals surface area contributed by atoms with Crippen LogP contribution in [0.25, 0.3) is 0 Å². The summed E-state index contributed by atoms with van der Waals surface area (Å²) in [4.78, 5) is 12.0. The van der Waals surface area contributed by atoms with Gasteiger partial charge in [0.1, 0.15) is 11.5 Å². The van der Waals surface area contributed by atoms with Gasteiger partial charge in [-0.05, 0) is 10.4 Å². The number of rotatable bonds is 5. The summed E-state index contributed by atoms with van der Waals surface area (Å²) in [7, 11) is 0. The molecule has 2 aromatic heterocycles. The van der Waals surface area contributed by atoms with Gasteiger partial charge in [0.05, 0.1) is 12.1 Å². The molecule has 0 aliphatic carbocycles. The molecule has 0 spiro atoms. The predicted molar refractivity (Wildman–Crippen MR) is 71.0 cm³/mol. The number of aromatic nitrogens is 5. The molecule has 0 amide bonds. The van der Waals surface area contributed by atoms with Gasteiger partial charge in [-0.3, -0.25) is 4.79 Å². The van der Waals surface area contributed by atoms with E-state index in [1.807, 2.05) is 13.0 Å². The van der Waals surface area contributed by atoms with Crippen molar-refractivity contribution in [3.63, 3.8) is 0 Å². The van der Waals surface area contributed by atoms with E-state index in [-0.39, 0.29) is 23.5 Å². The van der Waals surface area contributed by atoms with Gasteiger partial charge in [-0.1, -0.05) is 32.9 Å². The van der Waals surface area contributed by atoms with E-state index in [9.17, 15) is 4.79 Å². The van der Waals surface area contributed by atoms with E-state index in [0.717, 1.165) is 11.5 Å². The average Bonchev–Trinajstić information content (AvgIpc) is 2.98. The molecule has 7 heteroatoms. The molecule has 0 aliphatic heterocycles. The summed E-state index contributed by atoms with van der Waals surface area (Å²) >= 11 is 0. The number of tetrazole rings is 1. The summed E-state index contributed by atoms with van der Waals surface area (Å²) in [6.07, 6.45) is 0.734. The lowest BCUT2D eigenvalue weighted by Crippen LogP contribution is -2.16. The molecule has 1 N–H and O–H groups in total. The summed E-state index contributed by atoms with van der Waals surface area (Å²) < 4.78 is 5.30. The predicted octanol–water partition coefficient (Wildman–Crippen LogP) is 1.48. The molecule has 0 bridgehead atoms. The smallest absolute Gasteiger partial charge is 0.155 e. The number of carbonyl (C=O) groups excluding carboxylic acids is 1. The fraction of sp³-hybridized carbons (Fsp3) is 0.615. The topological polar surface area (TPSA) is 97.6 Å². The first kappa shape index (κ1) is 14.4. The van der Waals surface area contributed by atoms with Gasteiger partial charge < -0.3 is 4.52 Å². The highest BCUT2D eigenvalue weighted by Gasteiger charge is 2.22. The van der Waals surface area contributed by atoms with Crippen molar-refractivity contribution in [2.24, 2.45) is 5.92 Å². The highest BCUT2D eigenvalue weighted by Crippen LogP contribution is 2.22. The fourth-order valence-electron chi connectivity index (χ4n) is 1.77. The Labute approximate surface area is 117 Å². The SMILES string of the molecule is CC(Cc1cc(C(C)(C)C)no1)C(=O)Cc1nnn[nH]1. The van der Waals surface area contributed by atoms with Crippen LogP contribution in [0.4, 0.5) is 0 Å². The molecule has 1 unspecified atom stereocenters. The Balaban J connectivity index is 1.95. The molecule has 1 atom stereocenters. The standard InChI is InChI=1S/C13H19N5O2/c1-8(10(19)7-12-14-17-18-15-12)5-9-6-11(16-20-9)13(2,3)4/h6,8H,5,7H2,1-4H3,(H,14,15,17,18). The zero-order valence-corrected chi connectivity index (χ0v) is 12.2. The van der Waals surface area contributed by atoms with Crippen molar-refractivity contribution < 1.29 is 9.32 Å². The molecule has 2 heterocycles. The third-order valence-corrected chi connectivity index (χ3v) is 3.12. The van der Waals surface area contributed by atoms with Gasteiger partial charge in [0.15, 0.2) is 5.82 Å². The minimum Gasteiger partial charge on any atom is -0.361 e. The number of nitrogens with zero attached hydrogens (tertiary/aromatic N) is 4. The van der Waals surface area contributed by atoms with E-state index in [1.54, 1.807) is 0 Å². The van der Waals surface area contributed by atoms with Gasteiger partial charge in [0.25, 0.3) is 0 Å². The second-order valence-electron chi connectivity index (χ2n) is 6.02. The Hall–Kier alpha value is -2.05. The summed E-state index contributed by atoms with van der Waals surface area (Å²) in [5.74, 6) is 1.11. The summed E-state index contributed by atoms with van der Waals surface area (Å²) in [5.41, 5.74) is 0.840. The lowest BCUT2D eigenvalue weighted by Gasteiger charge is -2.12. The monoisotopic (exact) mass is 277 g/mol. The zero-order chi connectivity index (χ0) is 14.8. The molecule has 2 rings (SSSR count). The van der Waals surface area contributed by atoms with Gasteiger partial charge in [-0.25, -0.2) is 5.10 Å². The lowest BCUT2D eigenvalue weighted by molar-refractivity contribution is -0.121. The van der Waals surface area contributed by atoms with Crippen LogP contribution in [-0.4, -0.2) is 31.6 Å². The van der Waals surface area contributed by atoms with Gasteiger partial charge in [-0.2, -0.15) is 0 Å². The van der Waals surface area contributed by atoms with Gasteiger partial charge in [0.2, 0.25) is 0 Å². The van der Waals surface area contributed by atoms with Crippen molar-refractivity contribution in [3.05, 3.63) is 23.3 Å². The first-order chi connectivity index (χ1) is 9.36. The molecule has 7 nitrogen and oxygen atoms in total. The summed E-state index contributed by atoms with van der Waals surface area (Å²) in [6.45, 7) is 8.08. The van der Waals surface area contributed by atoms with E-state index in [1.165, 1.54) is 0 Å². The van der Waals surface area contributed by atoms with Gasteiger partial charge in [-0.15, -0.1) is 5.10 Å². The van der Waals surface area contributed by atoms with Crippen LogP contribution in [0.1, 0.15) is 45.0 Å². The molecule has 0 radical (unpaired) electrons. The van der Waals surface area contributed by atoms with Crippen molar-refractivity contribution in [3.8, 4) is 0 Å². The largest absolute Gasteiger partial charge is 0.361 e. The van der Waals surface area contributed by atoms with Crippen LogP contribution in [0.2, 0.25) is 0 Å². The maximum absolute atomic E-state index is 12.0. The molecule has 0 saturated heterocycles. The Bertz CT molecular complexity index is 568. The maximum Gasteiger partial charge on any atom is 0.155 e. The van der Waals surface area contributed by atoms with Crippen molar-refractivity contribution in [2.75, 3.05) is 0 Å². The molecule has 0 aliphatic rings. The second kappa shape index (κ2) is 5.52. The van der Waals surface area contributed by atoms with Gasteiger partial charge >= 0.3 is 0 Å². The Morgan fingerprint density at radius 1 is 1.45 bits per heavy atom. The number of hydrogen-bond donors (Lipinski definition) is 1. The molecule has 0 fully saturated rings. The van der Waals surface area contributed by atoms with Crippen molar-refractivity contribution in [1.82, 2.24) is 25.8 Å². The van der Waals surface area contributed by atoms with Crippen LogP contribution in [0.5, 0.6) is 0 Å². The normalized spacial score (nSPS) is 13.4. The lowest BCUT2D eigenvalue weighted by atomic mass is 9.91. The first-order valence-corrected chi connectivity index (χ1v) is 6.57. The number of ketones is 1. The van der Waals surface area contributed by atoms with Crippen LogP contribution in [0, 0.1) is 5.92 Å². The highest BCUT2D eigenvalue weighted by molar-refractivity contribution is 5.82. The zero-order valence-electron chi connectivity index (χ0n) is 12.2. The molecule has 0 saturated carbocycles. The molecular weight excluding hydrogens is 258 g/mol. The summed E-state index contributed by atoms with van der Waals surface area (Å²) in [6, 6.07) is 1.92. The number of nitrogens with one attached hydrogen (secondary N) is 1. The Morgan fingerprint density at radius 3 is 2.75 bits per heavy atom. The number of Topliss-reactive ketones (excluding diaryl/α,β-unsaturated/α-hetero) is 1. The third-order valence-electron chi connectivity index (χ3n) is 3.12. The minimum absolute atomic E-state index is 0.0551. The molecule has 20 heavy (non-hydrogen) atoms. The minimum atomic E-state index is -0.166. The maximum atomic E-state index is 12.0. The second-order valence-corrected chi connectivity index (χ2v) is 6.02. The molecule has 108 valence electrons. The molecule has 0 aromatic carbocycles. The molecule has 2 aromatic rings. The van der Waals surface area contributed by atoms with E-state index in [2.05, 4.69) is 46.6 Å². The van der Waals surface area contributed by atoms with Crippen molar-refractivity contribution in [1.29, 1.82) is 0 Å². The van der Waals surface area contributed by atoms with Crippen molar-refractivity contribution in [2.45, 2.75) is 46.0 Å². The van der Waals surface area contributed by atoms with Crippen LogP contribution < -0.4 is 0 Å². The quantitative estimate of drug-likeness (QED) is 0.888. The van der Waals surface area contributed by atoms with Crippen LogP contribution in [-0.2, 0) is 23.1 Å². The van der Waals surface area contributed by atoms with Crippen LogP contribution in [0.15, 0.2) is 10.6 Å². The van der Waals surface area contributed by atoms with Gasteiger partial charge in [0, 0.05) is 23.8 Å². The van der Waals surface area contributed by atoms with Crippen molar-refractivity contribution >= 4 is 5.78 Å². The number of aromatic amines is 1. The average molecular weight is 277 g/mol. The van der Waals surface area contributed by atoms with Crippen LogP contribution >= 0.6 is 0 Å². The Morgan fingerprint density at radius 2 is 2.20 bits per heavy atom. The number of H-pyrrole nitrogens is 1. The number of hydrogen-bond acceptors (Lipinski definition) is 6.